The second-order valence-corrected chi connectivity index (χ2v) is 7.55. The van der Waals surface area contributed by atoms with E-state index < -0.39 is 0 Å². The van der Waals surface area contributed by atoms with Crippen LogP contribution in [0.15, 0.2) is 21.4 Å². The molecular weight excluding hydrogens is 304 g/mol. The minimum Gasteiger partial charge on any atom is -0.326 e. The molecule has 0 amide bonds. The van der Waals surface area contributed by atoms with E-state index in [-0.39, 0.29) is 17.0 Å². The number of nitrogens with zero attached hydrogens (tertiary/aromatic N) is 2. The highest BCUT2D eigenvalue weighted by Crippen LogP contribution is 2.43. The maximum Gasteiger partial charge on any atom is 0.344 e. The van der Waals surface area contributed by atoms with Crippen LogP contribution in [0.5, 0.6) is 0 Å². The normalized spacial score (nSPS) is 17.9. The van der Waals surface area contributed by atoms with E-state index in [1.807, 2.05) is 0 Å². The van der Waals surface area contributed by atoms with Crippen LogP contribution in [0.4, 0.5) is 0 Å². The van der Waals surface area contributed by atoms with Gasteiger partial charge >= 0.3 is 5.69 Å². The number of hydrogen-bond acceptors (Lipinski definition) is 5. The molecule has 0 saturated heterocycles. The number of thiophene rings is 1. The van der Waals surface area contributed by atoms with E-state index in [0.29, 0.717) is 6.04 Å². The molecule has 0 aromatic carbocycles. The second-order valence-electron chi connectivity index (χ2n) is 5.49. The molecule has 21 heavy (non-hydrogen) atoms. The Morgan fingerprint density at radius 2 is 2.38 bits per heavy atom. The summed E-state index contributed by atoms with van der Waals surface area (Å²) in [5.74, 6) is 0. The van der Waals surface area contributed by atoms with Crippen molar-refractivity contribution in [3.05, 3.63) is 32.4 Å². The summed E-state index contributed by atoms with van der Waals surface area (Å²) >= 11 is 3.35. The maximum atomic E-state index is 11.9. The van der Waals surface area contributed by atoms with Crippen LogP contribution < -0.4 is 11.4 Å². The molecule has 5 nitrogen and oxygen atoms in total. The van der Waals surface area contributed by atoms with Crippen molar-refractivity contribution in [3.63, 3.8) is 0 Å². The molecule has 3 N–H and O–H groups in total. The number of aryl methyl sites for hydroxylation is 1. The fourth-order valence-corrected chi connectivity index (χ4v) is 4.99. The van der Waals surface area contributed by atoms with Gasteiger partial charge in [0.1, 0.15) is 0 Å². The summed E-state index contributed by atoms with van der Waals surface area (Å²) in [5, 5.41) is 9.80. The van der Waals surface area contributed by atoms with E-state index >= 15 is 0 Å². The van der Waals surface area contributed by atoms with Crippen molar-refractivity contribution < 1.29 is 0 Å². The van der Waals surface area contributed by atoms with Crippen molar-refractivity contribution in [2.75, 3.05) is 0 Å². The lowest BCUT2D eigenvalue weighted by Gasteiger charge is -2.22. The molecule has 0 spiro atoms. The first-order valence-corrected chi connectivity index (χ1v) is 9.00. The maximum absolute atomic E-state index is 11.9. The second kappa shape index (κ2) is 5.98. The lowest BCUT2D eigenvalue weighted by Crippen LogP contribution is -2.26. The van der Waals surface area contributed by atoms with Crippen LogP contribution >= 0.6 is 23.1 Å². The third-order valence-corrected chi connectivity index (χ3v) is 6.43. The van der Waals surface area contributed by atoms with Gasteiger partial charge in [0.2, 0.25) is 0 Å². The predicted octanol–water partition coefficient (Wildman–Crippen LogP) is 2.85. The molecule has 2 aromatic rings. The number of nitrogens with one attached hydrogen (secondary N) is 1. The van der Waals surface area contributed by atoms with Gasteiger partial charge in [0.05, 0.1) is 5.25 Å². The third-order valence-electron chi connectivity index (χ3n) is 3.84. The van der Waals surface area contributed by atoms with Gasteiger partial charge < -0.3 is 5.73 Å². The number of nitrogens with two attached hydrogens (primary N) is 1. The summed E-state index contributed by atoms with van der Waals surface area (Å²) in [6, 6.07) is 2.49. The van der Waals surface area contributed by atoms with Gasteiger partial charge in [-0.25, -0.2) is 9.89 Å². The number of hydrogen-bond donors (Lipinski definition) is 2. The lowest BCUT2D eigenvalue weighted by molar-refractivity contribution is 0.619. The Morgan fingerprint density at radius 1 is 1.62 bits per heavy atom. The number of thioether (sulfide) groups is 1. The molecular formula is C14H20N4OS2. The van der Waals surface area contributed by atoms with Gasteiger partial charge in [-0.1, -0.05) is 18.7 Å². The molecule has 2 aromatic heterocycles. The summed E-state index contributed by atoms with van der Waals surface area (Å²) < 4.78 is 1.79. The van der Waals surface area contributed by atoms with Gasteiger partial charge in [0.25, 0.3) is 0 Å². The molecule has 114 valence electrons. The molecule has 2 unspecified atom stereocenters. The van der Waals surface area contributed by atoms with Crippen LogP contribution in [-0.2, 0) is 0 Å². The standard InChI is InChI=1S/C14H20N4OS2/c1-3-10(15)12(11-8(2)6-7-20-11)21-14-17-16-13(19)18(14)9-4-5-9/h6-7,9-10,12H,3-5,15H2,1-2H3,(H,16,19). The van der Waals surface area contributed by atoms with Gasteiger partial charge in [-0.15, -0.1) is 16.4 Å². The fraction of sp³-hybridized carbons (Fsp3) is 0.571. The summed E-state index contributed by atoms with van der Waals surface area (Å²) in [6.07, 6.45) is 3.03. The smallest absolute Gasteiger partial charge is 0.326 e. The van der Waals surface area contributed by atoms with Crippen molar-refractivity contribution in [3.8, 4) is 0 Å². The minimum atomic E-state index is -0.105. The highest BCUT2D eigenvalue weighted by atomic mass is 32.2. The molecule has 2 heterocycles. The van der Waals surface area contributed by atoms with Crippen molar-refractivity contribution >= 4 is 23.1 Å². The van der Waals surface area contributed by atoms with E-state index in [0.717, 1.165) is 24.4 Å². The van der Waals surface area contributed by atoms with Gasteiger partial charge in [-0.3, -0.25) is 4.57 Å². The quantitative estimate of drug-likeness (QED) is 0.801. The average molecular weight is 324 g/mol. The number of aromatic amines is 1. The van der Waals surface area contributed by atoms with E-state index in [1.54, 1.807) is 27.7 Å². The number of rotatable bonds is 6. The first-order valence-electron chi connectivity index (χ1n) is 7.25. The van der Waals surface area contributed by atoms with Gasteiger partial charge in [-0.2, -0.15) is 0 Å². The largest absolute Gasteiger partial charge is 0.344 e. The van der Waals surface area contributed by atoms with Gasteiger partial charge in [-0.05, 0) is 43.2 Å². The molecule has 1 fully saturated rings. The summed E-state index contributed by atoms with van der Waals surface area (Å²) in [7, 11) is 0. The Morgan fingerprint density at radius 3 is 2.95 bits per heavy atom. The Labute approximate surface area is 131 Å². The lowest BCUT2D eigenvalue weighted by atomic mass is 10.1. The summed E-state index contributed by atoms with van der Waals surface area (Å²) in [4.78, 5) is 13.2. The Kier molecular flexibility index (Phi) is 4.24. The molecule has 0 bridgehead atoms. The van der Waals surface area contributed by atoms with Gasteiger partial charge in [0.15, 0.2) is 5.16 Å². The average Bonchev–Trinajstić information content (AvgIpc) is 3.12. The van der Waals surface area contributed by atoms with E-state index in [4.69, 9.17) is 5.73 Å². The fourth-order valence-electron chi connectivity index (χ4n) is 2.37. The van der Waals surface area contributed by atoms with Crippen molar-refractivity contribution in [2.45, 2.75) is 55.6 Å². The highest BCUT2D eigenvalue weighted by molar-refractivity contribution is 7.99. The predicted molar refractivity (Wildman–Crippen MR) is 87.0 cm³/mol. The number of aromatic nitrogens is 3. The Bertz CT molecular complexity index is 671. The zero-order valence-corrected chi connectivity index (χ0v) is 13.8. The zero-order chi connectivity index (χ0) is 15.0. The first-order chi connectivity index (χ1) is 10.1. The molecule has 7 heteroatoms. The van der Waals surface area contributed by atoms with E-state index in [9.17, 15) is 4.79 Å². The highest BCUT2D eigenvalue weighted by Gasteiger charge is 2.31. The first kappa shape index (κ1) is 14.9. The zero-order valence-electron chi connectivity index (χ0n) is 12.2. The summed E-state index contributed by atoms with van der Waals surface area (Å²) in [6.45, 7) is 4.21. The van der Waals surface area contributed by atoms with Crippen LogP contribution in [0.25, 0.3) is 0 Å². The topological polar surface area (TPSA) is 76.7 Å². The van der Waals surface area contributed by atoms with E-state index in [1.165, 1.54) is 10.4 Å². The third kappa shape index (κ3) is 2.95. The van der Waals surface area contributed by atoms with Crippen LogP contribution in [0, 0.1) is 6.92 Å². The molecule has 0 radical (unpaired) electrons. The molecule has 2 atom stereocenters. The molecule has 1 aliphatic rings. The molecule has 0 aliphatic heterocycles. The Balaban J connectivity index is 1.92. The monoisotopic (exact) mass is 324 g/mol. The summed E-state index contributed by atoms with van der Waals surface area (Å²) in [5.41, 5.74) is 7.49. The van der Waals surface area contributed by atoms with Crippen LogP contribution in [0.3, 0.4) is 0 Å². The number of H-pyrrole nitrogens is 1. The molecule has 1 saturated carbocycles. The van der Waals surface area contributed by atoms with Crippen molar-refractivity contribution in [1.82, 2.24) is 14.8 Å². The van der Waals surface area contributed by atoms with Crippen molar-refractivity contribution in [1.29, 1.82) is 0 Å². The Hall–Kier alpha value is -1.05. The van der Waals surface area contributed by atoms with Gasteiger partial charge in [0, 0.05) is 17.0 Å². The minimum absolute atomic E-state index is 0.0480. The molecule has 1 aliphatic carbocycles. The van der Waals surface area contributed by atoms with Crippen LogP contribution in [0.2, 0.25) is 0 Å². The molecule has 3 rings (SSSR count). The van der Waals surface area contributed by atoms with Crippen LogP contribution in [0.1, 0.15) is 47.9 Å². The SMILES string of the molecule is CCC(N)C(Sc1n[nH]c(=O)n1C1CC1)c1sccc1C. The van der Waals surface area contributed by atoms with Crippen LogP contribution in [-0.4, -0.2) is 20.8 Å². The van der Waals surface area contributed by atoms with Crippen molar-refractivity contribution in [2.24, 2.45) is 5.73 Å². The van der Waals surface area contributed by atoms with E-state index in [2.05, 4.69) is 35.5 Å².